The van der Waals surface area contributed by atoms with Crippen LogP contribution in [0.15, 0.2) is 152 Å². The van der Waals surface area contributed by atoms with E-state index in [4.69, 9.17) is 9.97 Å². The zero-order valence-corrected chi connectivity index (χ0v) is 29.0. The summed E-state index contributed by atoms with van der Waals surface area (Å²) in [6.45, 7) is 4.81. The van der Waals surface area contributed by atoms with Gasteiger partial charge in [-0.1, -0.05) is 135 Å². The molecule has 0 N–H and O–H groups in total. The van der Waals surface area contributed by atoms with Crippen molar-refractivity contribution >= 4 is 64.2 Å². The van der Waals surface area contributed by atoms with Crippen LogP contribution >= 0.6 is 11.3 Å². The molecule has 0 spiro atoms. The number of aromatic nitrogens is 3. The molecule has 0 radical (unpaired) electrons. The van der Waals surface area contributed by atoms with E-state index in [-0.39, 0.29) is 5.41 Å². The van der Waals surface area contributed by atoms with E-state index in [0.29, 0.717) is 0 Å². The van der Waals surface area contributed by atoms with Crippen molar-refractivity contribution in [2.75, 3.05) is 0 Å². The minimum atomic E-state index is -0.135. The first-order valence-corrected chi connectivity index (χ1v) is 18.3. The molecule has 0 fully saturated rings. The lowest BCUT2D eigenvalue weighted by Crippen LogP contribution is -2.15. The molecule has 3 heterocycles. The van der Waals surface area contributed by atoms with Crippen molar-refractivity contribution in [1.82, 2.24) is 14.5 Å². The van der Waals surface area contributed by atoms with Gasteiger partial charge in [-0.2, -0.15) is 0 Å². The highest BCUT2D eigenvalue weighted by atomic mass is 32.1. The largest absolute Gasteiger partial charge is 0.309 e. The Morgan fingerprint density at radius 1 is 0.588 bits per heavy atom. The molecule has 0 atom stereocenters. The van der Waals surface area contributed by atoms with Gasteiger partial charge in [0.2, 0.25) is 0 Å². The lowest BCUT2D eigenvalue weighted by molar-refractivity contribution is 0.667. The number of thiophene rings is 1. The topological polar surface area (TPSA) is 30.7 Å². The number of para-hydroxylation sites is 1. The van der Waals surface area contributed by atoms with Gasteiger partial charge < -0.3 is 4.57 Å². The van der Waals surface area contributed by atoms with E-state index in [1.54, 1.807) is 0 Å². The predicted molar refractivity (Wildman–Crippen MR) is 215 cm³/mol. The highest BCUT2D eigenvalue weighted by Gasteiger charge is 2.40. The molecule has 1 aliphatic carbocycles. The fraction of sp³-hybridized carbons (Fsp3) is 0.0638. The van der Waals surface area contributed by atoms with Crippen molar-refractivity contribution in [1.29, 1.82) is 0 Å². The predicted octanol–water partition coefficient (Wildman–Crippen LogP) is 12.7. The summed E-state index contributed by atoms with van der Waals surface area (Å²) in [7, 11) is 0. The molecule has 4 heteroatoms. The molecule has 0 amide bonds. The van der Waals surface area contributed by atoms with Gasteiger partial charge in [0.25, 0.3) is 0 Å². The molecule has 0 unspecified atom stereocenters. The quantitative estimate of drug-likeness (QED) is 0.187. The van der Waals surface area contributed by atoms with E-state index >= 15 is 0 Å². The van der Waals surface area contributed by atoms with Crippen LogP contribution in [0.3, 0.4) is 0 Å². The van der Waals surface area contributed by atoms with Gasteiger partial charge in [-0.05, 0) is 52.6 Å². The first kappa shape index (κ1) is 28.7. The molecular formula is C47H31N3S. The molecule has 0 aliphatic heterocycles. The maximum absolute atomic E-state index is 5.24. The molecule has 51 heavy (non-hydrogen) atoms. The van der Waals surface area contributed by atoms with Gasteiger partial charge in [-0.3, -0.25) is 0 Å². The molecule has 1 aliphatic rings. The summed E-state index contributed by atoms with van der Waals surface area (Å²) in [6.07, 6.45) is 0. The molecule has 10 aromatic rings. The Labute approximate surface area is 299 Å². The summed E-state index contributed by atoms with van der Waals surface area (Å²) in [5.74, 6) is 0.731. The first-order valence-electron chi connectivity index (χ1n) is 17.5. The van der Waals surface area contributed by atoms with Crippen molar-refractivity contribution in [2.24, 2.45) is 0 Å². The average molecular weight is 670 g/mol. The zero-order chi connectivity index (χ0) is 33.8. The summed E-state index contributed by atoms with van der Waals surface area (Å²) >= 11 is 1.94. The van der Waals surface area contributed by atoms with Gasteiger partial charge in [0.15, 0.2) is 5.82 Å². The Hall–Kier alpha value is -6.10. The SMILES string of the molecule is CC1(C)c2ccccc2-c2c1c1sc3ccccc3c1c1c2c2ccccc2n1-c1ccc2nc(-c3ccccc3)nc(-c3ccccc3)c2c1. The van der Waals surface area contributed by atoms with Crippen LogP contribution in [0, 0.1) is 0 Å². The van der Waals surface area contributed by atoms with E-state index in [2.05, 4.69) is 152 Å². The van der Waals surface area contributed by atoms with Crippen LogP contribution in [0.1, 0.15) is 25.0 Å². The van der Waals surface area contributed by atoms with E-state index in [1.165, 1.54) is 64.2 Å². The highest BCUT2D eigenvalue weighted by molar-refractivity contribution is 7.26. The molecule has 0 saturated heterocycles. The van der Waals surface area contributed by atoms with Crippen molar-refractivity contribution in [2.45, 2.75) is 19.3 Å². The standard InChI is InChI=1S/C47H31N3S/c1-47(2)35-22-12-9-19-31(35)39-40-32-20-10-13-23-37(32)50(44(40)41-33-21-11-14-24-38(33)51-45(41)42(39)47)30-25-26-36-34(27-30)43(28-15-5-3-6-16-28)49-46(48-36)29-17-7-4-8-18-29/h3-27H,1-2H3. The average Bonchev–Trinajstić information content (AvgIpc) is 3.80. The number of hydrogen-bond acceptors (Lipinski definition) is 3. The van der Waals surface area contributed by atoms with E-state index in [0.717, 1.165) is 39.2 Å². The fourth-order valence-electron chi connectivity index (χ4n) is 8.73. The smallest absolute Gasteiger partial charge is 0.160 e. The van der Waals surface area contributed by atoms with Crippen LogP contribution in [0.4, 0.5) is 0 Å². The maximum Gasteiger partial charge on any atom is 0.160 e. The van der Waals surface area contributed by atoms with Crippen LogP contribution in [-0.2, 0) is 5.41 Å². The maximum atomic E-state index is 5.24. The van der Waals surface area contributed by atoms with Crippen LogP contribution in [0.25, 0.3) is 92.3 Å². The lowest BCUT2D eigenvalue weighted by Gasteiger charge is -2.22. The summed E-state index contributed by atoms with van der Waals surface area (Å²) in [6, 6.07) is 54.5. The molecular weight excluding hydrogens is 639 g/mol. The zero-order valence-electron chi connectivity index (χ0n) is 28.2. The Bertz CT molecular complexity index is 3040. The minimum Gasteiger partial charge on any atom is -0.309 e. The normalized spacial score (nSPS) is 13.5. The van der Waals surface area contributed by atoms with E-state index < -0.39 is 0 Å². The summed E-state index contributed by atoms with van der Waals surface area (Å²) in [5.41, 5.74) is 12.9. The second-order valence-corrected chi connectivity index (χ2v) is 15.2. The number of rotatable bonds is 3. The van der Waals surface area contributed by atoms with Crippen molar-refractivity contribution in [3.8, 4) is 39.5 Å². The fourth-order valence-corrected chi connectivity index (χ4v) is 10.1. The lowest BCUT2D eigenvalue weighted by atomic mass is 9.81. The van der Waals surface area contributed by atoms with Gasteiger partial charge >= 0.3 is 0 Å². The third-order valence-electron chi connectivity index (χ3n) is 10.9. The Balaban J connectivity index is 1.31. The second-order valence-electron chi connectivity index (χ2n) is 14.1. The van der Waals surface area contributed by atoms with Crippen LogP contribution in [-0.4, -0.2) is 14.5 Å². The summed E-state index contributed by atoms with van der Waals surface area (Å²) in [5, 5.41) is 6.27. The van der Waals surface area contributed by atoms with Gasteiger partial charge in [-0.25, -0.2) is 9.97 Å². The van der Waals surface area contributed by atoms with Crippen LogP contribution in [0.5, 0.6) is 0 Å². The third kappa shape index (κ3) is 3.94. The molecule has 3 aromatic heterocycles. The monoisotopic (exact) mass is 669 g/mol. The van der Waals surface area contributed by atoms with Crippen molar-refractivity contribution in [3.63, 3.8) is 0 Å². The van der Waals surface area contributed by atoms with E-state index in [9.17, 15) is 0 Å². The van der Waals surface area contributed by atoms with Gasteiger partial charge in [0, 0.05) is 58.6 Å². The third-order valence-corrected chi connectivity index (χ3v) is 12.1. The number of hydrogen-bond donors (Lipinski definition) is 0. The van der Waals surface area contributed by atoms with E-state index in [1.807, 2.05) is 29.5 Å². The Morgan fingerprint density at radius 2 is 1.27 bits per heavy atom. The van der Waals surface area contributed by atoms with Gasteiger partial charge in [0.1, 0.15) is 0 Å². The summed E-state index contributed by atoms with van der Waals surface area (Å²) < 4.78 is 5.21. The molecule has 11 rings (SSSR count). The first-order chi connectivity index (χ1) is 25.1. The number of nitrogens with zero attached hydrogens (tertiary/aromatic N) is 3. The molecule has 0 bridgehead atoms. The molecule has 240 valence electrons. The van der Waals surface area contributed by atoms with Crippen molar-refractivity contribution < 1.29 is 0 Å². The highest BCUT2D eigenvalue weighted by Crippen LogP contribution is 2.58. The second kappa shape index (κ2) is 10.5. The van der Waals surface area contributed by atoms with Crippen LogP contribution < -0.4 is 0 Å². The number of fused-ring (bicyclic) bond motifs is 13. The molecule has 3 nitrogen and oxygen atoms in total. The number of benzene rings is 7. The van der Waals surface area contributed by atoms with Gasteiger partial charge in [-0.15, -0.1) is 11.3 Å². The molecule has 7 aromatic carbocycles. The Kier molecular flexibility index (Phi) is 5.89. The van der Waals surface area contributed by atoms with Crippen molar-refractivity contribution in [3.05, 3.63) is 163 Å². The van der Waals surface area contributed by atoms with Gasteiger partial charge in [0.05, 0.1) is 22.2 Å². The van der Waals surface area contributed by atoms with Crippen LogP contribution in [0.2, 0.25) is 0 Å². The summed E-state index contributed by atoms with van der Waals surface area (Å²) in [4.78, 5) is 10.4. The minimum absolute atomic E-state index is 0.135. The Morgan fingerprint density at radius 3 is 2.10 bits per heavy atom. The molecule has 0 saturated carbocycles.